The van der Waals surface area contributed by atoms with Gasteiger partial charge in [-0.15, -0.1) is 0 Å². The van der Waals surface area contributed by atoms with Gasteiger partial charge in [-0.2, -0.15) is 0 Å². The van der Waals surface area contributed by atoms with Gasteiger partial charge in [-0.05, 0) is 35.4 Å². The average molecular weight is 442 g/mol. The molecule has 0 spiro atoms. The Hall–Kier alpha value is -3.65. The SMILES string of the molecule is CN1C=CC(=O)[C@H](N(C(=O)NCCC(=O)O)c2cccc(-c3cccc(Cl)c3)c2)C1=O. The highest BCUT2D eigenvalue weighted by Gasteiger charge is 2.39. The van der Waals surface area contributed by atoms with Crippen molar-refractivity contribution in [2.24, 2.45) is 0 Å². The largest absolute Gasteiger partial charge is 0.481 e. The standard InChI is InChI=1S/C22H20ClN3O5/c1-25-11-9-18(27)20(21(25)30)26(22(31)24-10-8-19(28)29)17-7-3-5-15(13-17)14-4-2-6-16(23)12-14/h2-7,9,11-13,20H,8,10H2,1H3,(H,24,31)(H,28,29)/t20-/m0/s1. The highest BCUT2D eigenvalue weighted by molar-refractivity contribution is 6.30. The van der Waals surface area contributed by atoms with Crippen molar-refractivity contribution in [2.75, 3.05) is 18.5 Å². The zero-order chi connectivity index (χ0) is 22.5. The number of carboxylic acid groups (broad SMARTS) is 1. The highest BCUT2D eigenvalue weighted by atomic mass is 35.5. The number of halogens is 1. The molecule has 160 valence electrons. The molecule has 0 saturated carbocycles. The summed E-state index contributed by atoms with van der Waals surface area (Å²) in [7, 11) is 1.49. The minimum Gasteiger partial charge on any atom is -0.481 e. The number of nitrogens with zero attached hydrogens (tertiary/aromatic N) is 2. The first kappa shape index (κ1) is 22.0. The second-order valence-corrected chi connectivity index (χ2v) is 7.31. The molecule has 8 nitrogen and oxygen atoms in total. The van der Waals surface area contributed by atoms with Crippen molar-refractivity contribution in [2.45, 2.75) is 12.5 Å². The minimum absolute atomic E-state index is 0.153. The van der Waals surface area contributed by atoms with Crippen LogP contribution in [0, 0.1) is 0 Å². The number of rotatable bonds is 6. The van der Waals surface area contributed by atoms with E-state index in [-0.39, 0.29) is 13.0 Å². The molecule has 0 aromatic heterocycles. The first-order valence-electron chi connectivity index (χ1n) is 9.41. The number of hydrogen-bond acceptors (Lipinski definition) is 4. The molecule has 3 rings (SSSR count). The number of benzene rings is 2. The summed E-state index contributed by atoms with van der Waals surface area (Å²) in [4.78, 5) is 51.4. The van der Waals surface area contributed by atoms with Crippen molar-refractivity contribution in [3.63, 3.8) is 0 Å². The van der Waals surface area contributed by atoms with E-state index in [4.69, 9.17) is 16.7 Å². The van der Waals surface area contributed by atoms with E-state index >= 15 is 0 Å². The third-order valence-corrected chi connectivity index (χ3v) is 4.92. The number of nitrogens with one attached hydrogen (secondary N) is 1. The molecule has 1 heterocycles. The molecule has 1 atom stereocenters. The zero-order valence-electron chi connectivity index (χ0n) is 16.6. The molecule has 2 N–H and O–H groups in total. The van der Waals surface area contributed by atoms with Gasteiger partial charge >= 0.3 is 12.0 Å². The molecule has 0 bridgehead atoms. The van der Waals surface area contributed by atoms with Gasteiger partial charge in [0.25, 0.3) is 5.91 Å². The van der Waals surface area contributed by atoms with E-state index in [0.717, 1.165) is 16.0 Å². The van der Waals surface area contributed by atoms with Crippen molar-refractivity contribution in [3.05, 3.63) is 65.8 Å². The molecular weight excluding hydrogens is 422 g/mol. The van der Waals surface area contributed by atoms with Crippen LogP contribution in [-0.2, 0) is 14.4 Å². The van der Waals surface area contributed by atoms with Crippen LogP contribution in [0.5, 0.6) is 0 Å². The third kappa shape index (κ3) is 5.10. The number of likely N-dealkylation sites (N-methyl/N-ethyl adjacent to an activating group) is 1. The van der Waals surface area contributed by atoms with Crippen LogP contribution in [0.3, 0.4) is 0 Å². The second kappa shape index (κ2) is 9.44. The van der Waals surface area contributed by atoms with E-state index in [1.165, 1.54) is 24.2 Å². The fraction of sp³-hybridized carbons (Fsp3) is 0.182. The third-order valence-electron chi connectivity index (χ3n) is 4.69. The lowest BCUT2D eigenvalue weighted by Gasteiger charge is -2.33. The Balaban J connectivity index is 2.02. The molecule has 9 heteroatoms. The van der Waals surface area contributed by atoms with Gasteiger partial charge in [0.15, 0.2) is 11.8 Å². The number of carbonyl (C=O) groups excluding carboxylic acids is 3. The van der Waals surface area contributed by atoms with Crippen molar-refractivity contribution in [3.8, 4) is 11.1 Å². The van der Waals surface area contributed by atoms with Crippen LogP contribution in [0.25, 0.3) is 11.1 Å². The van der Waals surface area contributed by atoms with Gasteiger partial charge in [-0.25, -0.2) is 4.79 Å². The summed E-state index contributed by atoms with van der Waals surface area (Å²) in [6, 6.07) is 11.7. The van der Waals surface area contributed by atoms with Crippen LogP contribution in [0.1, 0.15) is 6.42 Å². The number of carbonyl (C=O) groups is 4. The van der Waals surface area contributed by atoms with Crippen LogP contribution in [0.2, 0.25) is 5.02 Å². The number of aliphatic carboxylic acids is 1. The summed E-state index contributed by atoms with van der Waals surface area (Å²) in [5.41, 5.74) is 1.82. The van der Waals surface area contributed by atoms with Crippen LogP contribution in [0.4, 0.5) is 10.5 Å². The maximum Gasteiger partial charge on any atom is 0.323 e. The molecular formula is C22H20ClN3O5. The van der Waals surface area contributed by atoms with Gasteiger partial charge in [-0.1, -0.05) is 35.9 Å². The molecule has 2 aromatic carbocycles. The lowest BCUT2D eigenvalue weighted by atomic mass is 10.0. The van der Waals surface area contributed by atoms with Crippen LogP contribution >= 0.6 is 11.6 Å². The van der Waals surface area contributed by atoms with Gasteiger partial charge in [0.05, 0.1) is 6.42 Å². The fourth-order valence-corrected chi connectivity index (χ4v) is 3.34. The highest BCUT2D eigenvalue weighted by Crippen LogP contribution is 2.29. The van der Waals surface area contributed by atoms with Gasteiger partial charge < -0.3 is 15.3 Å². The van der Waals surface area contributed by atoms with Crippen LogP contribution in [-0.4, -0.2) is 53.3 Å². The number of anilines is 1. The molecule has 31 heavy (non-hydrogen) atoms. The van der Waals surface area contributed by atoms with E-state index in [1.807, 2.05) is 12.1 Å². The Morgan fingerprint density at radius 2 is 1.81 bits per heavy atom. The Bertz CT molecular complexity index is 1070. The van der Waals surface area contributed by atoms with E-state index < -0.39 is 29.7 Å². The first-order chi connectivity index (χ1) is 14.8. The lowest BCUT2D eigenvalue weighted by Crippen LogP contribution is -2.57. The number of hydrogen-bond donors (Lipinski definition) is 2. The Labute approximate surface area is 183 Å². The number of amides is 3. The van der Waals surface area contributed by atoms with Crippen molar-refractivity contribution in [1.82, 2.24) is 10.2 Å². The normalized spacial score (nSPS) is 15.7. The molecule has 0 aliphatic carbocycles. The molecule has 1 aliphatic heterocycles. The molecule has 0 radical (unpaired) electrons. The quantitative estimate of drug-likeness (QED) is 0.670. The van der Waals surface area contributed by atoms with E-state index in [9.17, 15) is 19.2 Å². The van der Waals surface area contributed by atoms with Gasteiger partial charge in [-0.3, -0.25) is 19.3 Å². The predicted molar refractivity (Wildman–Crippen MR) is 116 cm³/mol. The Kier molecular flexibility index (Phi) is 6.71. The number of ketones is 1. The summed E-state index contributed by atoms with van der Waals surface area (Å²) in [6.45, 7) is -0.153. The summed E-state index contributed by atoms with van der Waals surface area (Å²) in [5, 5.41) is 11.8. The average Bonchev–Trinajstić information content (AvgIpc) is 2.73. The van der Waals surface area contributed by atoms with Crippen molar-refractivity contribution in [1.29, 1.82) is 0 Å². The summed E-state index contributed by atoms with van der Waals surface area (Å²) in [5.74, 6) is -2.21. The lowest BCUT2D eigenvalue weighted by molar-refractivity contribution is -0.137. The van der Waals surface area contributed by atoms with Crippen molar-refractivity contribution < 1.29 is 24.3 Å². The Morgan fingerprint density at radius 3 is 2.48 bits per heavy atom. The van der Waals surface area contributed by atoms with E-state index in [2.05, 4.69) is 5.32 Å². The zero-order valence-corrected chi connectivity index (χ0v) is 17.4. The molecule has 1 aliphatic rings. The van der Waals surface area contributed by atoms with Gasteiger partial charge in [0, 0.05) is 36.6 Å². The summed E-state index contributed by atoms with van der Waals surface area (Å²) in [6.07, 6.45) is 2.27. The van der Waals surface area contributed by atoms with E-state index in [0.29, 0.717) is 10.7 Å². The molecule has 3 amide bonds. The van der Waals surface area contributed by atoms with Gasteiger partial charge in [0.2, 0.25) is 0 Å². The van der Waals surface area contributed by atoms with Crippen LogP contribution in [0.15, 0.2) is 60.8 Å². The summed E-state index contributed by atoms with van der Waals surface area (Å²) >= 11 is 6.08. The fourth-order valence-electron chi connectivity index (χ4n) is 3.15. The molecule has 2 aromatic rings. The minimum atomic E-state index is -1.41. The van der Waals surface area contributed by atoms with Crippen molar-refractivity contribution >= 4 is 41.0 Å². The van der Waals surface area contributed by atoms with Crippen LogP contribution < -0.4 is 10.2 Å². The second-order valence-electron chi connectivity index (χ2n) is 6.88. The summed E-state index contributed by atoms with van der Waals surface area (Å²) < 4.78 is 0. The molecule has 0 unspecified atom stereocenters. The molecule has 0 fully saturated rings. The van der Waals surface area contributed by atoms with E-state index in [1.54, 1.807) is 36.4 Å². The topological polar surface area (TPSA) is 107 Å². The smallest absolute Gasteiger partial charge is 0.323 e. The first-order valence-corrected chi connectivity index (χ1v) is 9.79. The number of urea groups is 1. The Morgan fingerprint density at radius 1 is 1.13 bits per heavy atom. The maximum absolute atomic E-state index is 13.0. The maximum atomic E-state index is 13.0. The van der Waals surface area contributed by atoms with Gasteiger partial charge in [0.1, 0.15) is 0 Å². The predicted octanol–water partition coefficient (Wildman–Crippen LogP) is 2.92. The number of carboxylic acids is 1. The monoisotopic (exact) mass is 441 g/mol. The molecule has 0 saturated heterocycles.